The lowest BCUT2D eigenvalue weighted by Crippen LogP contribution is -2.36. The maximum Gasteiger partial charge on any atom is 0.253 e. The minimum absolute atomic E-state index is 0.105. The fourth-order valence-electron chi connectivity index (χ4n) is 1.78. The van der Waals surface area contributed by atoms with Crippen molar-refractivity contribution in [3.8, 4) is 0 Å². The number of carbonyl (C=O) groups excluding carboxylic acids is 1. The molecule has 0 aromatic heterocycles. The van der Waals surface area contributed by atoms with Crippen molar-refractivity contribution in [3.05, 3.63) is 35.9 Å². The highest BCUT2D eigenvalue weighted by atomic mass is 16.5. The average molecular weight is 280 g/mol. The molecule has 5 heteroatoms. The molecule has 20 heavy (non-hydrogen) atoms. The lowest BCUT2D eigenvalue weighted by Gasteiger charge is -2.17. The first-order valence-electron chi connectivity index (χ1n) is 6.93. The Labute approximate surface area is 120 Å². The van der Waals surface area contributed by atoms with Gasteiger partial charge in [-0.25, -0.2) is 0 Å². The molecule has 1 aromatic rings. The molecule has 2 N–H and O–H groups in total. The van der Waals surface area contributed by atoms with Gasteiger partial charge in [-0.2, -0.15) is 0 Å². The minimum atomic E-state index is -0.542. The Morgan fingerprint density at radius 2 is 1.95 bits per heavy atom. The third-order valence-corrected chi connectivity index (χ3v) is 2.76. The van der Waals surface area contributed by atoms with Crippen molar-refractivity contribution >= 4 is 5.91 Å². The summed E-state index contributed by atoms with van der Waals surface area (Å²) in [5, 5.41) is 6.05. The number of hydrogen-bond acceptors (Lipinski definition) is 4. The number of rotatable bonds is 10. The highest BCUT2D eigenvalue weighted by Crippen LogP contribution is 2.16. The fraction of sp³-hybridized carbons (Fsp3) is 0.533. The van der Waals surface area contributed by atoms with Crippen molar-refractivity contribution in [1.82, 2.24) is 10.6 Å². The first-order chi connectivity index (χ1) is 9.79. The van der Waals surface area contributed by atoms with E-state index in [1.54, 1.807) is 7.11 Å². The SMILES string of the molecule is CCOC(C(=O)NCCNCCOC)c1ccccc1. The van der Waals surface area contributed by atoms with Crippen molar-refractivity contribution in [1.29, 1.82) is 0 Å². The van der Waals surface area contributed by atoms with Crippen LogP contribution in [0.15, 0.2) is 30.3 Å². The summed E-state index contributed by atoms with van der Waals surface area (Å²) in [5.74, 6) is -0.105. The van der Waals surface area contributed by atoms with Gasteiger partial charge in [0.1, 0.15) is 0 Å². The van der Waals surface area contributed by atoms with E-state index in [4.69, 9.17) is 9.47 Å². The van der Waals surface area contributed by atoms with Gasteiger partial charge in [-0.3, -0.25) is 4.79 Å². The summed E-state index contributed by atoms with van der Waals surface area (Å²) < 4.78 is 10.5. The summed E-state index contributed by atoms with van der Waals surface area (Å²) in [5.41, 5.74) is 0.874. The Morgan fingerprint density at radius 1 is 1.20 bits per heavy atom. The first-order valence-corrected chi connectivity index (χ1v) is 6.93. The van der Waals surface area contributed by atoms with E-state index in [0.717, 1.165) is 12.1 Å². The van der Waals surface area contributed by atoms with Crippen LogP contribution in [-0.2, 0) is 14.3 Å². The molecule has 0 fully saturated rings. The molecule has 0 aliphatic heterocycles. The highest BCUT2D eigenvalue weighted by Gasteiger charge is 2.19. The molecule has 1 atom stereocenters. The van der Waals surface area contributed by atoms with Gasteiger partial charge in [0.05, 0.1) is 6.61 Å². The fourth-order valence-corrected chi connectivity index (χ4v) is 1.78. The number of methoxy groups -OCH3 is 1. The van der Waals surface area contributed by atoms with E-state index in [9.17, 15) is 4.79 Å². The number of carbonyl (C=O) groups is 1. The van der Waals surface area contributed by atoms with E-state index >= 15 is 0 Å². The molecule has 0 saturated heterocycles. The van der Waals surface area contributed by atoms with E-state index in [1.807, 2.05) is 37.3 Å². The van der Waals surface area contributed by atoms with E-state index < -0.39 is 6.10 Å². The van der Waals surface area contributed by atoms with E-state index in [2.05, 4.69) is 10.6 Å². The second-order valence-corrected chi connectivity index (χ2v) is 4.28. The molecule has 0 aliphatic rings. The second-order valence-electron chi connectivity index (χ2n) is 4.28. The van der Waals surface area contributed by atoms with E-state index in [-0.39, 0.29) is 5.91 Å². The molecule has 1 amide bonds. The Bertz CT molecular complexity index is 371. The normalized spacial score (nSPS) is 12.1. The van der Waals surface area contributed by atoms with Gasteiger partial charge in [-0.15, -0.1) is 0 Å². The Morgan fingerprint density at radius 3 is 2.60 bits per heavy atom. The van der Waals surface area contributed by atoms with Gasteiger partial charge in [0.2, 0.25) is 0 Å². The lowest BCUT2D eigenvalue weighted by atomic mass is 10.1. The molecule has 0 spiro atoms. The predicted molar refractivity (Wildman–Crippen MR) is 78.6 cm³/mol. The van der Waals surface area contributed by atoms with Crippen molar-refractivity contribution in [2.75, 3.05) is 40.0 Å². The third kappa shape index (κ3) is 6.14. The van der Waals surface area contributed by atoms with Gasteiger partial charge >= 0.3 is 0 Å². The van der Waals surface area contributed by atoms with Crippen LogP contribution in [0.1, 0.15) is 18.6 Å². The van der Waals surface area contributed by atoms with Gasteiger partial charge in [0.15, 0.2) is 6.10 Å². The van der Waals surface area contributed by atoms with Crippen LogP contribution in [0.3, 0.4) is 0 Å². The summed E-state index contributed by atoms with van der Waals surface area (Å²) in [6.45, 7) is 5.11. The maximum absolute atomic E-state index is 12.1. The van der Waals surface area contributed by atoms with Crippen LogP contribution in [0, 0.1) is 0 Å². The molecule has 0 radical (unpaired) electrons. The van der Waals surface area contributed by atoms with Crippen LogP contribution in [0.25, 0.3) is 0 Å². The smallest absolute Gasteiger partial charge is 0.253 e. The molecule has 5 nitrogen and oxygen atoms in total. The highest BCUT2D eigenvalue weighted by molar-refractivity contribution is 5.82. The average Bonchev–Trinajstić information content (AvgIpc) is 2.49. The van der Waals surface area contributed by atoms with Gasteiger partial charge in [0, 0.05) is 33.4 Å². The molecule has 112 valence electrons. The monoisotopic (exact) mass is 280 g/mol. The molecule has 1 unspecified atom stereocenters. The Balaban J connectivity index is 2.37. The molecule has 0 aliphatic carbocycles. The number of benzene rings is 1. The predicted octanol–water partition coefficient (Wildman–Crippen LogP) is 1.12. The Kier molecular flexibility index (Phi) is 8.62. The van der Waals surface area contributed by atoms with Crippen LogP contribution >= 0.6 is 0 Å². The zero-order valence-electron chi connectivity index (χ0n) is 12.2. The lowest BCUT2D eigenvalue weighted by molar-refractivity contribution is -0.132. The second kappa shape index (κ2) is 10.4. The zero-order chi connectivity index (χ0) is 14.6. The molecular formula is C15H24N2O3. The van der Waals surface area contributed by atoms with E-state index in [0.29, 0.717) is 26.3 Å². The van der Waals surface area contributed by atoms with E-state index in [1.165, 1.54) is 0 Å². The van der Waals surface area contributed by atoms with Crippen molar-refractivity contribution in [2.45, 2.75) is 13.0 Å². The molecule has 0 saturated carbocycles. The topological polar surface area (TPSA) is 59.6 Å². The van der Waals surface area contributed by atoms with Crippen LogP contribution in [-0.4, -0.2) is 45.9 Å². The standard InChI is InChI=1S/C15H24N2O3/c1-3-20-14(13-7-5-4-6-8-13)15(18)17-10-9-16-11-12-19-2/h4-8,14,16H,3,9-12H2,1-2H3,(H,17,18). The van der Waals surface area contributed by atoms with Crippen molar-refractivity contribution in [2.24, 2.45) is 0 Å². The summed E-state index contributed by atoms with van der Waals surface area (Å²) in [6.07, 6.45) is -0.542. The summed E-state index contributed by atoms with van der Waals surface area (Å²) in [7, 11) is 1.66. The largest absolute Gasteiger partial charge is 0.383 e. The van der Waals surface area contributed by atoms with Gasteiger partial charge in [-0.1, -0.05) is 30.3 Å². The Hall–Kier alpha value is -1.43. The quantitative estimate of drug-likeness (QED) is 0.631. The molecule has 1 rings (SSSR count). The summed E-state index contributed by atoms with van der Waals surface area (Å²) >= 11 is 0. The van der Waals surface area contributed by atoms with Gasteiger partial charge < -0.3 is 20.1 Å². The first kappa shape index (κ1) is 16.6. The van der Waals surface area contributed by atoms with Gasteiger partial charge in [0.25, 0.3) is 5.91 Å². The van der Waals surface area contributed by atoms with Crippen LogP contribution in [0.5, 0.6) is 0 Å². The third-order valence-electron chi connectivity index (χ3n) is 2.76. The van der Waals surface area contributed by atoms with Crippen LogP contribution in [0.4, 0.5) is 0 Å². The van der Waals surface area contributed by atoms with Crippen molar-refractivity contribution in [3.63, 3.8) is 0 Å². The molecule has 0 bridgehead atoms. The van der Waals surface area contributed by atoms with Crippen LogP contribution < -0.4 is 10.6 Å². The minimum Gasteiger partial charge on any atom is -0.383 e. The van der Waals surface area contributed by atoms with Gasteiger partial charge in [-0.05, 0) is 12.5 Å². The maximum atomic E-state index is 12.1. The number of ether oxygens (including phenoxy) is 2. The summed E-state index contributed by atoms with van der Waals surface area (Å²) in [4.78, 5) is 12.1. The number of hydrogen-bond donors (Lipinski definition) is 2. The molecular weight excluding hydrogens is 256 g/mol. The number of nitrogens with one attached hydrogen (secondary N) is 2. The molecule has 0 heterocycles. The number of amides is 1. The van der Waals surface area contributed by atoms with Crippen LogP contribution in [0.2, 0.25) is 0 Å². The zero-order valence-corrected chi connectivity index (χ0v) is 12.2. The molecule has 1 aromatic carbocycles. The summed E-state index contributed by atoms with van der Waals surface area (Å²) in [6, 6.07) is 9.53. The van der Waals surface area contributed by atoms with Crippen molar-refractivity contribution < 1.29 is 14.3 Å².